The van der Waals surface area contributed by atoms with Crippen LogP contribution < -0.4 is 14.9 Å². The van der Waals surface area contributed by atoms with Gasteiger partial charge in [0.25, 0.3) is 0 Å². The van der Waals surface area contributed by atoms with Gasteiger partial charge < -0.3 is 9.47 Å². The summed E-state index contributed by atoms with van der Waals surface area (Å²) < 4.78 is 10.7. The molecule has 158 valence electrons. The normalized spacial score (nSPS) is 10.7. The van der Waals surface area contributed by atoms with E-state index in [9.17, 15) is 9.59 Å². The molecule has 0 fully saturated rings. The van der Waals surface area contributed by atoms with Crippen LogP contribution in [-0.2, 0) is 11.2 Å². The Kier molecular flexibility index (Phi) is 7.65. The van der Waals surface area contributed by atoms with Crippen LogP contribution in [0.4, 0.5) is 0 Å². The van der Waals surface area contributed by atoms with Gasteiger partial charge in [0, 0.05) is 0 Å². The Bertz CT molecular complexity index is 1120. The van der Waals surface area contributed by atoms with Gasteiger partial charge in [-0.1, -0.05) is 53.5 Å². The van der Waals surface area contributed by atoms with E-state index >= 15 is 0 Å². The second-order valence-corrected chi connectivity index (χ2v) is 7.20. The highest BCUT2D eigenvalue weighted by Gasteiger charge is 2.14. The Morgan fingerprint density at radius 2 is 1.74 bits per heavy atom. The average molecular weight is 457 g/mol. The van der Waals surface area contributed by atoms with Crippen molar-refractivity contribution in [3.63, 3.8) is 0 Å². The van der Waals surface area contributed by atoms with Crippen molar-refractivity contribution in [2.45, 2.75) is 6.42 Å². The first-order chi connectivity index (χ1) is 15.0. The van der Waals surface area contributed by atoms with Crippen molar-refractivity contribution in [1.82, 2.24) is 5.43 Å². The maximum atomic E-state index is 12.4. The zero-order valence-electron chi connectivity index (χ0n) is 16.5. The molecule has 3 aromatic carbocycles. The molecule has 0 bridgehead atoms. The van der Waals surface area contributed by atoms with Crippen LogP contribution in [0.15, 0.2) is 71.8 Å². The van der Waals surface area contributed by atoms with Gasteiger partial charge in [-0.25, -0.2) is 10.2 Å². The van der Waals surface area contributed by atoms with Gasteiger partial charge in [-0.3, -0.25) is 4.79 Å². The molecule has 0 aliphatic rings. The van der Waals surface area contributed by atoms with E-state index in [0.717, 1.165) is 5.56 Å². The van der Waals surface area contributed by atoms with Gasteiger partial charge in [-0.05, 0) is 47.5 Å². The lowest BCUT2D eigenvalue weighted by Gasteiger charge is -2.10. The summed E-state index contributed by atoms with van der Waals surface area (Å²) in [5, 5.41) is 4.55. The van der Waals surface area contributed by atoms with E-state index in [4.69, 9.17) is 32.7 Å². The Balaban J connectivity index is 1.63. The van der Waals surface area contributed by atoms with E-state index in [1.807, 2.05) is 30.3 Å². The molecule has 0 aliphatic heterocycles. The highest BCUT2D eigenvalue weighted by Crippen LogP contribution is 2.29. The first kappa shape index (κ1) is 22.3. The molecule has 8 heteroatoms. The first-order valence-corrected chi connectivity index (χ1v) is 9.93. The second kappa shape index (κ2) is 10.6. The fourth-order valence-corrected chi connectivity index (χ4v) is 2.93. The largest absolute Gasteiger partial charge is 0.493 e. The SMILES string of the molecule is COc1cc(C=NNC(=O)Cc2ccccc2)ccc1OC(=O)c1ccc(Cl)c(Cl)c1. The minimum Gasteiger partial charge on any atom is -0.493 e. The van der Waals surface area contributed by atoms with Gasteiger partial charge in [0.05, 0.1) is 35.4 Å². The van der Waals surface area contributed by atoms with Crippen LogP contribution in [0, 0.1) is 0 Å². The predicted octanol–water partition coefficient (Wildman–Crippen LogP) is 4.91. The van der Waals surface area contributed by atoms with Gasteiger partial charge in [-0.2, -0.15) is 5.10 Å². The number of rotatable bonds is 7. The maximum absolute atomic E-state index is 12.4. The van der Waals surface area contributed by atoms with E-state index in [2.05, 4.69) is 10.5 Å². The number of nitrogens with one attached hydrogen (secondary N) is 1. The van der Waals surface area contributed by atoms with Crippen LogP contribution in [0.3, 0.4) is 0 Å². The van der Waals surface area contributed by atoms with Gasteiger partial charge in [0.1, 0.15) is 0 Å². The molecule has 0 saturated carbocycles. The van der Waals surface area contributed by atoms with Crippen LogP contribution in [0.5, 0.6) is 11.5 Å². The van der Waals surface area contributed by atoms with Crippen molar-refractivity contribution in [1.29, 1.82) is 0 Å². The second-order valence-electron chi connectivity index (χ2n) is 6.38. The number of benzene rings is 3. The molecule has 0 aromatic heterocycles. The summed E-state index contributed by atoms with van der Waals surface area (Å²) in [5.41, 5.74) is 4.27. The number of hydrogen-bond acceptors (Lipinski definition) is 5. The van der Waals surface area contributed by atoms with E-state index in [0.29, 0.717) is 16.3 Å². The highest BCUT2D eigenvalue weighted by atomic mass is 35.5. The summed E-state index contributed by atoms with van der Waals surface area (Å²) in [6, 6.07) is 18.7. The van der Waals surface area contributed by atoms with Crippen LogP contribution in [-0.4, -0.2) is 25.2 Å². The number of esters is 1. The number of hydrazone groups is 1. The minimum atomic E-state index is -0.605. The molecule has 3 aromatic rings. The summed E-state index contributed by atoms with van der Waals surface area (Å²) in [6.07, 6.45) is 1.70. The number of hydrogen-bond donors (Lipinski definition) is 1. The lowest BCUT2D eigenvalue weighted by atomic mass is 10.1. The molecule has 3 rings (SSSR count). The summed E-state index contributed by atoms with van der Waals surface area (Å²) >= 11 is 11.8. The topological polar surface area (TPSA) is 77.0 Å². The van der Waals surface area contributed by atoms with E-state index < -0.39 is 5.97 Å². The summed E-state index contributed by atoms with van der Waals surface area (Å²) in [7, 11) is 1.45. The third-order valence-electron chi connectivity index (χ3n) is 4.16. The number of methoxy groups -OCH3 is 1. The summed E-state index contributed by atoms with van der Waals surface area (Å²) in [6.45, 7) is 0. The van der Waals surface area contributed by atoms with Crippen LogP contribution >= 0.6 is 23.2 Å². The molecule has 0 aliphatic carbocycles. The van der Waals surface area contributed by atoms with Crippen molar-refractivity contribution in [2.24, 2.45) is 5.10 Å². The number of nitrogens with zero attached hydrogens (tertiary/aromatic N) is 1. The number of carbonyl (C=O) groups excluding carboxylic acids is 2. The van der Waals surface area contributed by atoms with Crippen LogP contribution in [0.2, 0.25) is 10.0 Å². The quantitative estimate of drug-likeness (QED) is 0.237. The zero-order chi connectivity index (χ0) is 22.2. The molecule has 0 radical (unpaired) electrons. The Hall–Kier alpha value is -3.35. The van der Waals surface area contributed by atoms with Crippen molar-refractivity contribution in [3.8, 4) is 11.5 Å². The minimum absolute atomic E-state index is 0.226. The molecule has 1 amide bonds. The molecule has 1 N–H and O–H groups in total. The molecule has 0 saturated heterocycles. The zero-order valence-corrected chi connectivity index (χ0v) is 18.0. The van der Waals surface area contributed by atoms with Gasteiger partial charge in [0.15, 0.2) is 11.5 Å². The summed E-state index contributed by atoms with van der Waals surface area (Å²) in [5.74, 6) is -0.287. The smallest absolute Gasteiger partial charge is 0.343 e. The molecule has 0 atom stereocenters. The third kappa shape index (κ3) is 6.31. The van der Waals surface area contributed by atoms with Crippen molar-refractivity contribution in [2.75, 3.05) is 7.11 Å². The fourth-order valence-electron chi connectivity index (χ4n) is 2.63. The fraction of sp³-hybridized carbons (Fsp3) is 0.0870. The lowest BCUT2D eigenvalue weighted by Crippen LogP contribution is -2.19. The molecule has 0 heterocycles. The first-order valence-electron chi connectivity index (χ1n) is 9.17. The highest BCUT2D eigenvalue weighted by molar-refractivity contribution is 6.42. The number of halogens is 2. The molecular weight excluding hydrogens is 439 g/mol. The molecular formula is C23H18Cl2N2O4. The van der Waals surface area contributed by atoms with Gasteiger partial charge in [-0.15, -0.1) is 0 Å². The van der Waals surface area contributed by atoms with E-state index in [-0.39, 0.29) is 28.7 Å². The molecule has 31 heavy (non-hydrogen) atoms. The van der Waals surface area contributed by atoms with Crippen molar-refractivity contribution in [3.05, 3.63) is 93.5 Å². The van der Waals surface area contributed by atoms with Gasteiger partial charge >= 0.3 is 5.97 Å². The Morgan fingerprint density at radius 1 is 0.968 bits per heavy atom. The maximum Gasteiger partial charge on any atom is 0.343 e. The number of carbonyl (C=O) groups is 2. The Labute approximate surface area is 189 Å². The van der Waals surface area contributed by atoms with E-state index in [1.165, 1.54) is 31.5 Å². The average Bonchev–Trinajstić information content (AvgIpc) is 2.77. The molecule has 0 spiro atoms. The molecule has 6 nitrogen and oxygen atoms in total. The van der Waals surface area contributed by atoms with Crippen molar-refractivity contribution < 1.29 is 19.1 Å². The third-order valence-corrected chi connectivity index (χ3v) is 4.90. The summed E-state index contributed by atoms with van der Waals surface area (Å²) in [4.78, 5) is 24.3. The predicted molar refractivity (Wildman–Crippen MR) is 120 cm³/mol. The van der Waals surface area contributed by atoms with Crippen LogP contribution in [0.1, 0.15) is 21.5 Å². The molecule has 0 unspecified atom stereocenters. The monoisotopic (exact) mass is 456 g/mol. The number of amides is 1. The lowest BCUT2D eigenvalue weighted by molar-refractivity contribution is -0.120. The van der Waals surface area contributed by atoms with Crippen LogP contribution in [0.25, 0.3) is 0 Å². The van der Waals surface area contributed by atoms with E-state index in [1.54, 1.807) is 18.2 Å². The van der Waals surface area contributed by atoms with Gasteiger partial charge in [0.2, 0.25) is 5.91 Å². The Morgan fingerprint density at radius 3 is 2.45 bits per heavy atom. The van der Waals surface area contributed by atoms with Crippen molar-refractivity contribution >= 4 is 41.3 Å². The standard InChI is InChI=1S/C23H18Cl2N2O4/c1-30-21-11-16(14-26-27-22(28)12-15-5-3-2-4-6-15)7-10-20(21)31-23(29)17-8-9-18(24)19(25)13-17/h2-11,13-14H,12H2,1H3,(H,27,28). The number of ether oxygens (including phenoxy) is 2.